The van der Waals surface area contributed by atoms with Crippen molar-refractivity contribution < 1.29 is 9.47 Å². The number of nitrogens with zero attached hydrogens (tertiary/aromatic N) is 2. The van der Waals surface area contributed by atoms with Gasteiger partial charge in [-0.2, -0.15) is 0 Å². The minimum Gasteiger partial charge on any atom is -0.497 e. The highest BCUT2D eigenvalue weighted by Crippen LogP contribution is 2.11. The smallest absolute Gasteiger partial charge is 0.188 e. The number of guanidine groups is 1. The molecule has 0 amide bonds. The molecule has 7 heteroatoms. The van der Waals surface area contributed by atoms with Crippen LogP contribution in [-0.4, -0.2) is 57.4 Å². The number of methoxy groups -OCH3 is 1. The second-order valence-electron chi connectivity index (χ2n) is 5.28. The third-order valence-electron chi connectivity index (χ3n) is 3.65. The van der Waals surface area contributed by atoms with Crippen molar-refractivity contribution in [2.24, 2.45) is 10.7 Å². The lowest BCUT2D eigenvalue weighted by Crippen LogP contribution is -2.39. The van der Waals surface area contributed by atoms with E-state index >= 15 is 0 Å². The van der Waals surface area contributed by atoms with Gasteiger partial charge in [-0.3, -0.25) is 4.90 Å². The maximum Gasteiger partial charge on any atom is 0.188 e. The first-order valence-electron chi connectivity index (χ1n) is 7.75. The van der Waals surface area contributed by atoms with Crippen LogP contribution in [0.25, 0.3) is 0 Å². The standard InChI is InChI=1S/C16H26N4O2.HI/c1-21-15-5-3-14(4-6-15)13-19-16(17)18-7-2-8-20-9-11-22-12-10-20;/h3-6H,2,7-13H2,1H3,(H3,17,18,19);1H. The topological polar surface area (TPSA) is 72.1 Å². The summed E-state index contributed by atoms with van der Waals surface area (Å²) in [6.07, 6.45) is 1.05. The Morgan fingerprint density at radius 1 is 1.30 bits per heavy atom. The molecule has 130 valence electrons. The Hall–Kier alpha value is -1.06. The van der Waals surface area contributed by atoms with Crippen LogP contribution in [0, 0.1) is 0 Å². The van der Waals surface area contributed by atoms with E-state index in [0.29, 0.717) is 12.5 Å². The van der Waals surface area contributed by atoms with Gasteiger partial charge < -0.3 is 20.5 Å². The fourth-order valence-electron chi connectivity index (χ4n) is 2.31. The van der Waals surface area contributed by atoms with E-state index in [1.165, 1.54) is 0 Å². The third-order valence-corrected chi connectivity index (χ3v) is 3.65. The summed E-state index contributed by atoms with van der Waals surface area (Å²) in [5.41, 5.74) is 6.99. The lowest BCUT2D eigenvalue weighted by atomic mass is 10.2. The monoisotopic (exact) mass is 434 g/mol. The summed E-state index contributed by atoms with van der Waals surface area (Å²) in [7, 11) is 1.66. The molecular weight excluding hydrogens is 407 g/mol. The molecule has 1 aromatic rings. The van der Waals surface area contributed by atoms with Crippen LogP contribution in [0.4, 0.5) is 0 Å². The molecular formula is C16H27IN4O2. The van der Waals surface area contributed by atoms with Gasteiger partial charge >= 0.3 is 0 Å². The Labute approximate surface area is 155 Å². The lowest BCUT2D eigenvalue weighted by Gasteiger charge is -2.26. The van der Waals surface area contributed by atoms with E-state index in [1.807, 2.05) is 24.3 Å². The van der Waals surface area contributed by atoms with Gasteiger partial charge in [0.25, 0.3) is 0 Å². The fraction of sp³-hybridized carbons (Fsp3) is 0.562. The first kappa shape index (κ1) is 20.0. The molecule has 1 fully saturated rings. The Morgan fingerprint density at radius 3 is 2.65 bits per heavy atom. The molecule has 0 aromatic heterocycles. The maximum absolute atomic E-state index is 5.88. The van der Waals surface area contributed by atoms with Gasteiger partial charge in [-0.15, -0.1) is 24.0 Å². The summed E-state index contributed by atoms with van der Waals surface area (Å²) in [6.45, 7) is 6.24. The van der Waals surface area contributed by atoms with Crippen molar-refractivity contribution in [2.75, 3.05) is 46.5 Å². The van der Waals surface area contributed by atoms with Crippen LogP contribution < -0.4 is 15.8 Å². The minimum absolute atomic E-state index is 0. The van der Waals surface area contributed by atoms with Gasteiger partial charge in [-0.1, -0.05) is 12.1 Å². The highest BCUT2D eigenvalue weighted by Gasteiger charge is 2.08. The summed E-state index contributed by atoms with van der Waals surface area (Å²) in [5, 5.41) is 3.16. The van der Waals surface area contributed by atoms with E-state index in [1.54, 1.807) is 7.11 Å². The van der Waals surface area contributed by atoms with Gasteiger partial charge in [0.1, 0.15) is 5.75 Å². The molecule has 0 radical (unpaired) electrons. The predicted octanol–water partition coefficient (Wildman–Crippen LogP) is 1.44. The highest BCUT2D eigenvalue weighted by molar-refractivity contribution is 14.0. The second kappa shape index (κ2) is 11.5. The molecule has 3 N–H and O–H groups in total. The number of morpholine rings is 1. The summed E-state index contributed by atoms with van der Waals surface area (Å²) < 4.78 is 10.5. The van der Waals surface area contributed by atoms with E-state index < -0.39 is 0 Å². The molecule has 23 heavy (non-hydrogen) atoms. The first-order chi connectivity index (χ1) is 10.8. The van der Waals surface area contributed by atoms with Crippen LogP contribution in [0.2, 0.25) is 0 Å². The predicted molar refractivity (Wildman–Crippen MR) is 104 cm³/mol. The SMILES string of the molecule is COc1ccc(CN=C(N)NCCCN2CCOCC2)cc1.I. The Bertz CT molecular complexity index is 462. The van der Waals surface area contributed by atoms with Crippen molar-refractivity contribution in [3.8, 4) is 5.75 Å². The van der Waals surface area contributed by atoms with Crippen molar-refractivity contribution in [1.82, 2.24) is 10.2 Å². The minimum atomic E-state index is 0. The van der Waals surface area contributed by atoms with Gasteiger partial charge in [0.05, 0.1) is 26.9 Å². The quantitative estimate of drug-likeness (QED) is 0.294. The highest BCUT2D eigenvalue weighted by atomic mass is 127. The number of hydrogen-bond acceptors (Lipinski definition) is 4. The third kappa shape index (κ3) is 7.85. The number of aliphatic imine (C=N–C) groups is 1. The molecule has 1 saturated heterocycles. The Kier molecular flexibility index (Phi) is 9.97. The zero-order chi connectivity index (χ0) is 15.6. The van der Waals surface area contributed by atoms with E-state index in [2.05, 4.69) is 15.2 Å². The number of nitrogens with two attached hydrogens (primary N) is 1. The largest absolute Gasteiger partial charge is 0.497 e. The second-order valence-corrected chi connectivity index (χ2v) is 5.28. The molecule has 1 heterocycles. The molecule has 1 aliphatic heterocycles. The van der Waals surface area contributed by atoms with Crippen LogP contribution >= 0.6 is 24.0 Å². The molecule has 2 rings (SSSR count). The zero-order valence-corrected chi connectivity index (χ0v) is 16.0. The van der Waals surface area contributed by atoms with Crippen LogP contribution in [0.15, 0.2) is 29.3 Å². The summed E-state index contributed by atoms with van der Waals surface area (Å²) in [6, 6.07) is 7.84. The number of nitrogens with one attached hydrogen (secondary N) is 1. The zero-order valence-electron chi connectivity index (χ0n) is 13.7. The number of ether oxygens (including phenoxy) is 2. The summed E-state index contributed by atoms with van der Waals surface area (Å²) >= 11 is 0. The normalized spacial score (nSPS) is 15.8. The van der Waals surface area contributed by atoms with Crippen LogP contribution in [0.5, 0.6) is 5.75 Å². The van der Waals surface area contributed by atoms with Crippen molar-refractivity contribution >= 4 is 29.9 Å². The van der Waals surface area contributed by atoms with Crippen molar-refractivity contribution in [3.05, 3.63) is 29.8 Å². The van der Waals surface area contributed by atoms with Crippen LogP contribution in [-0.2, 0) is 11.3 Å². The molecule has 6 nitrogen and oxygen atoms in total. The van der Waals surface area contributed by atoms with Gasteiger partial charge in [0.15, 0.2) is 5.96 Å². The molecule has 0 atom stereocenters. The molecule has 0 saturated carbocycles. The number of hydrogen-bond donors (Lipinski definition) is 2. The molecule has 0 bridgehead atoms. The molecule has 0 aliphatic carbocycles. The van der Waals surface area contributed by atoms with E-state index in [0.717, 1.165) is 57.1 Å². The average molecular weight is 434 g/mol. The fourth-order valence-corrected chi connectivity index (χ4v) is 2.31. The van der Waals surface area contributed by atoms with Gasteiger partial charge in [-0.05, 0) is 30.7 Å². The van der Waals surface area contributed by atoms with Gasteiger partial charge in [0, 0.05) is 19.6 Å². The first-order valence-corrected chi connectivity index (χ1v) is 7.75. The maximum atomic E-state index is 5.88. The van der Waals surface area contributed by atoms with E-state index in [9.17, 15) is 0 Å². The molecule has 0 spiro atoms. The van der Waals surface area contributed by atoms with Crippen LogP contribution in [0.1, 0.15) is 12.0 Å². The summed E-state index contributed by atoms with van der Waals surface area (Å²) in [5.74, 6) is 1.35. The molecule has 1 aliphatic rings. The van der Waals surface area contributed by atoms with Gasteiger partial charge in [0.2, 0.25) is 0 Å². The van der Waals surface area contributed by atoms with E-state index in [-0.39, 0.29) is 24.0 Å². The van der Waals surface area contributed by atoms with E-state index in [4.69, 9.17) is 15.2 Å². The number of halogens is 1. The van der Waals surface area contributed by atoms with Crippen LogP contribution in [0.3, 0.4) is 0 Å². The average Bonchev–Trinajstić information content (AvgIpc) is 2.58. The van der Waals surface area contributed by atoms with Crippen molar-refractivity contribution in [1.29, 1.82) is 0 Å². The molecule has 0 unspecified atom stereocenters. The van der Waals surface area contributed by atoms with Gasteiger partial charge in [-0.25, -0.2) is 4.99 Å². The van der Waals surface area contributed by atoms with Crippen molar-refractivity contribution in [3.63, 3.8) is 0 Å². The molecule has 1 aromatic carbocycles. The number of benzene rings is 1. The lowest BCUT2D eigenvalue weighted by molar-refractivity contribution is 0.0376. The summed E-state index contributed by atoms with van der Waals surface area (Å²) in [4.78, 5) is 6.76. The van der Waals surface area contributed by atoms with Crippen molar-refractivity contribution in [2.45, 2.75) is 13.0 Å². The Morgan fingerprint density at radius 2 is 2.00 bits per heavy atom. The Balaban J connectivity index is 0.00000264. The number of rotatable bonds is 7.